The van der Waals surface area contributed by atoms with E-state index in [9.17, 15) is 9.59 Å². The Labute approximate surface area is 183 Å². The molecule has 161 valence electrons. The average molecular weight is 420 g/mol. The summed E-state index contributed by atoms with van der Waals surface area (Å²) in [5.74, 6) is 0.858. The molecular weight excluding hydrogens is 393 g/mol. The zero-order valence-corrected chi connectivity index (χ0v) is 17.6. The van der Waals surface area contributed by atoms with Crippen molar-refractivity contribution >= 4 is 19.7 Å². The molecular formula is C23H27BN3O4. The van der Waals surface area contributed by atoms with Crippen molar-refractivity contribution in [3.63, 3.8) is 0 Å². The Kier molecular flexibility index (Phi) is 7.22. The van der Waals surface area contributed by atoms with Crippen LogP contribution in [0.1, 0.15) is 11.1 Å². The molecule has 8 heteroatoms. The topological polar surface area (TPSA) is 62.3 Å². The van der Waals surface area contributed by atoms with Crippen molar-refractivity contribution in [3.05, 3.63) is 65.7 Å². The van der Waals surface area contributed by atoms with Crippen LogP contribution < -0.4 is 4.74 Å². The van der Waals surface area contributed by atoms with E-state index < -0.39 is 0 Å². The lowest BCUT2D eigenvalue weighted by molar-refractivity contribution is 0.0697. The fourth-order valence-corrected chi connectivity index (χ4v) is 3.82. The van der Waals surface area contributed by atoms with Crippen molar-refractivity contribution in [2.45, 2.75) is 19.3 Å². The molecule has 7 nitrogen and oxygen atoms in total. The molecule has 4 rings (SSSR count). The molecule has 2 fully saturated rings. The van der Waals surface area contributed by atoms with Gasteiger partial charge in [0, 0.05) is 45.8 Å². The van der Waals surface area contributed by atoms with Crippen LogP contribution in [0.25, 0.3) is 0 Å². The Balaban J connectivity index is 1.19. The summed E-state index contributed by atoms with van der Waals surface area (Å²) in [6, 6.07) is 17.9. The zero-order valence-electron chi connectivity index (χ0n) is 17.6. The zero-order chi connectivity index (χ0) is 21.5. The number of ether oxygens (including phenoxy) is 2. The number of carbonyl (C=O) groups is 2. The van der Waals surface area contributed by atoms with Gasteiger partial charge in [0.2, 0.25) is 0 Å². The SMILES string of the molecule is O=C[B]N1CC(Oc2cccc(CN3CCN(C(=O)OCc4ccccc4)CC3)c2)C1. The second-order valence-electron chi connectivity index (χ2n) is 7.93. The molecule has 0 aromatic heterocycles. The molecule has 0 bridgehead atoms. The normalized spacial score (nSPS) is 17.6. The fourth-order valence-electron chi connectivity index (χ4n) is 3.82. The van der Waals surface area contributed by atoms with Gasteiger partial charge in [-0.3, -0.25) is 4.90 Å². The minimum atomic E-state index is -0.250. The number of benzene rings is 2. The molecule has 0 saturated carbocycles. The maximum absolute atomic E-state index is 12.3. The third kappa shape index (κ3) is 6.09. The van der Waals surface area contributed by atoms with Crippen molar-refractivity contribution in [2.24, 2.45) is 0 Å². The predicted molar refractivity (Wildman–Crippen MR) is 118 cm³/mol. The van der Waals surface area contributed by atoms with Gasteiger partial charge < -0.3 is 24.0 Å². The van der Waals surface area contributed by atoms with E-state index >= 15 is 0 Å². The van der Waals surface area contributed by atoms with Crippen LogP contribution in [0.4, 0.5) is 4.79 Å². The number of hydrogen-bond acceptors (Lipinski definition) is 6. The number of carbonyl (C=O) groups excluding carboxylic acids is 2. The van der Waals surface area contributed by atoms with E-state index in [0.29, 0.717) is 19.7 Å². The van der Waals surface area contributed by atoms with Crippen molar-refractivity contribution in [1.82, 2.24) is 14.6 Å². The maximum atomic E-state index is 12.3. The van der Waals surface area contributed by atoms with Gasteiger partial charge in [-0.2, -0.15) is 0 Å². The van der Waals surface area contributed by atoms with Crippen LogP contribution in [0, 0.1) is 0 Å². The van der Waals surface area contributed by atoms with E-state index in [1.54, 1.807) is 12.3 Å². The average Bonchev–Trinajstić information content (AvgIpc) is 2.77. The van der Waals surface area contributed by atoms with Crippen LogP contribution in [-0.2, 0) is 22.7 Å². The third-order valence-electron chi connectivity index (χ3n) is 5.59. The van der Waals surface area contributed by atoms with Gasteiger partial charge in [-0.15, -0.1) is 0 Å². The number of amides is 1. The van der Waals surface area contributed by atoms with Gasteiger partial charge in [0.25, 0.3) is 7.41 Å². The Bertz CT molecular complexity index is 868. The predicted octanol–water partition coefficient (Wildman–Crippen LogP) is 2.01. The number of rotatable bonds is 8. The minimum absolute atomic E-state index is 0.122. The second-order valence-corrected chi connectivity index (χ2v) is 7.93. The lowest BCUT2D eigenvalue weighted by atomic mass is 9.89. The molecule has 2 aromatic carbocycles. The lowest BCUT2D eigenvalue weighted by Gasteiger charge is -2.38. The van der Waals surface area contributed by atoms with E-state index in [2.05, 4.69) is 17.0 Å². The quantitative estimate of drug-likeness (QED) is 0.481. The van der Waals surface area contributed by atoms with Crippen molar-refractivity contribution in [3.8, 4) is 5.75 Å². The molecule has 1 radical (unpaired) electrons. The summed E-state index contributed by atoms with van der Waals surface area (Å²) >= 11 is 0. The smallest absolute Gasteiger partial charge is 0.410 e. The number of hydrogen-bond donors (Lipinski definition) is 0. The van der Waals surface area contributed by atoms with Gasteiger partial charge in [0.1, 0.15) is 18.5 Å². The van der Waals surface area contributed by atoms with Gasteiger partial charge in [0.05, 0.1) is 6.19 Å². The molecule has 2 saturated heterocycles. The first-order valence-electron chi connectivity index (χ1n) is 10.7. The van der Waals surface area contributed by atoms with E-state index in [4.69, 9.17) is 9.47 Å². The number of nitrogens with zero attached hydrogens (tertiary/aromatic N) is 3. The summed E-state index contributed by atoms with van der Waals surface area (Å²) in [5.41, 5.74) is 2.18. The highest BCUT2D eigenvalue weighted by Crippen LogP contribution is 2.20. The Hall–Kier alpha value is -2.84. The van der Waals surface area contributed by atoms with Gasteiger partial charge in [-0.1, -0.05) is 42.5 Å². The second kappa shape index (κ2) is 10.5. The van der Waals surface area contributed by atoms with E-state index in [-0.39, 0.29) is 12.2 Å². The van der Waals surface area contributed by atoms with Crippen LogP contribution in [0.5, 0.6) is 5.75 Å². The Morgan fingerprint density at radius 3 is 2.48 bits per heavy atom. The molecule has 0 N–H and O–H groups in total. The molecule has 2 aliphatic heterocycles. The first-order valence-corrected chi connectivity index (χ1v) is 10.7. The molecule has 2 aromatic rings. The van der Waals surface area contributed by atoms with Gasteiger partial charge in [-0.25, -0.2) is 4.79 Å². The largest absolute Gasteiger partial charge is 0.488 e. The summed E-state index contributed by atoms with van der Waals surface area (Å²) in [4.78, 5) is 28.9. The molecule has 0 unspecified atom stereocenters. The molecule has 0 aliphatic carbocycles. The van der Waals surface area contributed by atoms with Crippen LogP contribution in [0.2, 0.25) is 0 Å². The molecule has 0 spiro atoms. The highest BCUT2D eigenvalue weighted by Gasteiger charge is 2.28. The van der Waals surface area contributed by atoms with Gasteiger partial charge in [-0.05, 0) is 23.3 Å². The lowest BCUT2D eigenvalue weighted by Crippen LogP contribution is -2.55. The monoisotopic (exact) mass is 420 g/mol. The number of piperazine rings is 1. The van der Waals surface area contributed by atoms with Crippen LogP contribution >= 0.6 is 0 Å². The molecule has 2 heterocycles. The van der Waals surface area contributed by atoms with Crippen LogP contribution in [-0.4, -0.2) is 79.7 Å². The van der Waals surface area contributed by atoms with E-state index in [0.717, 1.165) is 50.2 Å². The Morgan fingerprint density at radius 2 is 1.74 bits per heavy atom. The van der Waals surface area contributed by atoms with E-state index in [1.807, 2.05) is 47.3 Å². The molecule has 1 amide bonds. The molecule has 2 aliphatic rings. The minimum Gasteiger partial charge on any atom is -0.488 e. The first kappa shape index (κ1) is 21.4. The van der Waals surface area contributed by atoms with Crippen LogP contribution in [0.3, 0.4) is 0 Å². The van der Waals surface area contributed by atoms with Crippen molar-refractivity contribution < 1.29 is 19.1 Å². The molecule has 0 atom stereocenters. The van der Waals surface area contributed by atoms with Gasteiger partial charge >= 0.3 is 6.09 Å². The summed E-state index contributed by atoms with van der Waals surface area (Å²) < 4.78 is 11.4. The van der Waals surface area contributed by atoms with Crippen LogP contribution in [0.15, 0.2) is 54.6 Å². The highest BCUT2D eigenvalue weighted by atomic mass is 16.6. The summed E-state index contributed by atoms with van der Waals surface area (Å²) in [6.45, 7) is 5.55. The van der Waals surface area contributed by atoms with Gasteiger partial charge in [0.15, 0.2) is 0 Å². The van der Waals surface area contributed by atoms with Crippen molar-refractivity contribution in [2.75, 3.05) is 39.3 Å². The van der Waals surface area contributed by atoms with Crippen molar-refractivity contribution in [1.29, 1.82) is 0 Å². The summed E-state index contributed by atoms with van der Waals surface area (Å²) in [7, 11) is 1.55. The molecule has 31 heavy (non-hydrogen) atoms. The maximum Gasteiger partial charge on any atom is 0.410 e. The summed E-state index contributed by atoms with van der Waals surface area (Å²) in [6.07, 6.45) is 0.677. The highest BCUT2D eigenvalue weighted by molar-refractivity contribution is 6.64. The fraction of sp³-hybridized carbons (Fsp3) is 0.391. The Morgan fingerprint density at radius 1 is 1.00 bits per heavy atom. The summed E-state index contributed by atoms with van der Waals surface area (Å²) in [5, 5.41) is 0. The third-order valence-corrected chi connectivity index (χ3v) is 5.59. The first-order chi connectivity index (χ1) is 15.2. The standard InChI is InChI=1S/C23H27BN3O4/c28-18-24-27-15-22(16-27)31-21-8-4-7-20(13-21)14-25-9-11-26(12-10-25)23(29)30-17-19-5-2-1-3-6-19/h1-8,13,18,22H,9-12,14-17H2. The van der Waals surface area contributed by atoms with E-state index in [1.165, 1.54) is 5.56 Å².